The van der Waals surface area contributed by atoms with Gasteiger partial charge in [0.2, 0.25) is 0 Å². The van der Waals surface area contributed by atoms with Crippen molar-refractivity contribution in [3.05, 3.63) is 6.92 Å². The minimum atomic E-state index is -2.35. The molecule has 0 aliphatic heterocycles. The van der Waals surface area contributed by atoms with Gasteiger partial charge in [0.15, 0.2) is 10.7 Å². The van der Waals surface area contributed by atoms with Crippen LogP contribution in [-0.2, 0) is 10.7 Å². The second kappa shape index (κ2) is 6.61. The van der Waals surface area contributed by atoms with E-state index in [2.05, 4.69) is 19.2 Å². The van der Waals surface area contributed by atoms with E-state index in [1.807, 2.05) is 0 Å². The van der Waals surface area contributed by atoms with Crippen LogP contribution in [0.3, 0.4) is 0 Å². The zero-order valence-electron chi connectivity index (χ0n) is 6.88. The summed E-state index contributed by atoms with van der Waals surface area (Å²) in [6.07, 6.45) is 2.49. The summed E-state index contributed by atoms with van der Waals surface area (Å²) in [5.41, 5.74) is 0. The maximum atomic E-state index is 10.5. The molecule has 0 aromatic heterocycles. The molecule has 11 heavy (non-hydrogen) atoms. The van der Waals surface area contributed by atoms with Crippen LogP contribution in [0.5, 0.6) is 0 Å². The fourth-order valence-corrected chi connectivity index (χ4v) is 1.22. The normalized spacial score (nSPS) is 13.7. The molecule has 0 aromatic rings. The van der Waals surface area contributed by atoms with Crippen molar-refractivity contribution in [3.8, 4) is 0 Å². The van der Waals surface area contributed by atoms with Crippen LogP contribution in [0.2, 0.25) is 0 Å². The van der Waals surface area contributed by atoms with Crippen LogP contribution in [0.15, 0.2) is 0 Å². The van der Waals surface area contributed by atoms with Crippen LogP contribution in [0.4, 0.5) is 0 Å². The molecule has 0 spiro atoms. The van der Waals surface area contributed by atoms with Crippen molar-refractivity contribution in [1.29, 1.82) is 0 Å². The quantitative estimate of drug-likeness (QED) is 0.461. The summed E-state index contributed by atoms with van der Waals surface area (Å²) in [7, 11) is -2.35. The molecule has 1 unspecified atom stereocenters. The van der Waals surface area contributed by atoms with Crippen LogP contribution < -0.4 is 5.32 Å². The van der Waals surface area contributed by atoms with Crippen LogP contribution in [0.1, 0.15) is 26.2 Å². The molecule has 0 aromatic carbocycles. The lowest BCUT2D eigenvalue weighted by Crippen LogP contribution is -2.30. The molecular formula is C7H16NO2S. The third kappa shape index (κ3) is 5.21. The number of hydrogen-bond donors (Lipinski definition) is 2. The molecule has 0 aliphatic rings. The number of hydrogen-bond acceptors (Lipinski definition) is 3. The second-order valence-corrected chi connectivity index (χ2v) is 3.59. The summed E-state index contributed by atoms with van der Waals surface area (Å²) in [4.78, 5) is 0. The SMILES string of the molecule is [CH2]CC(NCCCC)[SH](=O)=O. The zero-order valence-corrected chi connectivity index (χ0v) is 7.77. The molecule has 1 atom stereocenters. The van der Waals surface area contributed by atoms with Crippen LogP contribution >= 0.6 is 0 Å². The van der Waals surface area contributed by atoms with E-state index in [1.165, 1.54) is 0 Å². The highest BCUT2D eigenvalue weighted by Gasteiger charge is 2.05. The van der Waals surface area contributed by atoms with E-state index in [1.54, 1.807) is 0 Å². The smallest absolute Gasteiger partial charge is 0.156 e. The Morgan fingerprint density at radius 3 is 2.55 bits per heavy atom. The third-order valence-electron chi connectivity index (χ3n) is 1.44. The van der Waals surface area contributed by atoms with Gasteiger partial charge >= 0.3 is 0 Å². The van der Waals surface area contributed by atoms with Gasteiger partial charge < -0.3 is 5.32 Å². The molecule has 1 N–H and O–H groups in total. The summed E-state index contributed by atoms with van der Waals surface area (Å²) in [5, 5.41) is 2.48. The van der Waals surface area contributed by atoms with Gasteiger partial charge in [0.05, 0.1) is 0 Å². The average Bonchev–Trinajstić information content (AvgIpc) is 1.97. The summed E-state index contributed by atoms with van der Waals surface area (Å²) in [6.45, 7) is 6.37. The first-order valence-corrected chi connectivity index (χ1v) is 5.13. The minimum Gasteiger partial charge on any atom is -0.301 e. The van der Waals surface area contributed by atoms with Crippen molar-refractivity contribution in [1.82, 2.24) is 5.32 Å². The monoisotopic (exact) mass is 178 g/mol. The Morgan fingerprint density at radius 1 is 1.55 bits per heavy atom. The van der Waals surface area contributed by atoms with E-state index in [9.17, 15) is 8.42 Å². The maximum Gasteiger partial charge on any atom is 0.156 e. The van der Waals surface area contributed by atoms with Gasteiger partial charge in [-0.1, -0.05) is 20.3 Å². The van der Waals surface area contributed by atoms with Crippen LogP contribution in [-0.4, -0.2) is 20.3 Å². The predicted molar refractivity (Wildman–Crippen MR) is 47.0 cm³/mol. The van der Waals surface area contributed by atoms with Crippen molar-refractivity contribution in [2.45, 2.75) is 31.6 Å². The second-order valence-electron chi connectivity index (χ2n) is 2.40. The largest absolute Gasteiger partial charge is 0.301 e. The molecule has 4 heteroatoms. The molecule has 0 rings (SSSR count). The molecule has 0 saturated heterocycles. The van der Waals surface area contributed by atoms with Crippen LogP contribution in [0, 0.1) is 6.92 Å². The van der Waals surface area contributed by atoms with Gasteiger partial charge in [-0.3, -0.25) is 0 Å². The molecule has 0 amide bonds. The summed E-state index contributed by atoms with van der Waals surface area (Å²) in [5.74, 6) is 0. The Morgan fingerprint density at radius 2 is 2.18 bits per heavy atom. The number of nitrogens with one attached hydrogen (secondary N) is 1. The van der Waals surface area contributed by atoms with Gasteiger partial charge in [0.1, 0.15) is 5.37 Å². The molecule has 3 nitrogen and oxygen atoms in total. The molecule has 0 heterocycles. The number of thiol groups is 1. The lowest BCUT2D eigenvalue weighted by Gasteiger charge is -2.08. The van der Waals surface area contributed by atoms with Crippen molar-refractivity contribution in [3.63, 3.8) is 0 Å². The van der Waals surface area contributed by atoms with Gasteiger partial charge in [0.25, 0.3) is 0 Å². The van der Waals surface area contributed by atoms with Crippen molar-refractivity contribution in [2.24, 2.45) is 0 Å². The zero-order chi connectivity index (χ0) is 8.69. The first kappa shape index (κ1) is 10.9. The average molecular weight is 178 g/mol. The molecule has 0 aliphatic carbocycles. The molecular weight excluding hydrogens is 162 g/mol. The predicted octanol–water partition coefficient (Wildman–Crippen LogP) is 0.538. The van der Waals surface area contributed by atoms with E-state index in [0.29, 0.717) is 6.42 Å². The maximum absolute atomic E-state index is 10.5. The first-order valence-electron chi connectivity index (χ1n) is 3.88. The molecule has 67 valence electrons. The molecule has 0 fully saturated rings. The van der Waals surface area contributed by atoms with Crippen LogP contribution in [0.25, 0.3) is 0 Å². The summed E-state index contributed by atoms with van der Waals surface area (Å²) in [6, 6.07) is 0. The van der Waals surface area contributed by atoms with Crippen molar-refractivity contribution < 1.29 is 8.42 Å². The fourth-order valence-electron chi connectivity index (χ4n) is 0.727. The van der Waals surface area contributed by atoms with E-state index >= 15 is 0 Å². The lowest BCUT2D eigenvalue weighted by atomic mass is 10.3. The molecule has 0 bridgehead atoms. The Labute approximate surface area is 70.1 Å². The summed E-state index contributed by atoms with van der Waals surface area (Å²) >= 11 is 0. The highest BCUT2D eigenvalue weighted by molar-refractivity contribution is 7.73. The van der Waals surface area contributed by atoms with Crippen molar-refractivity contribution >= 4 is 10.7 Å². The number of unbranched alkanes of at least 4 members (excludes halogenated alkanes) is 1. The molecule has 1 radical (unpaired) electrons. The highest BCUT2D eigenvalue weighted by atomic mass is 32.2. The van der Waals surface area contributed by atoms with Gasteiger partial charge in [-0.05, 0) is 19.4 Å². The van der Waals surface area contributed by atoms with E-state index in [0.717, 1.165) is 19.4 Å². The van der Waals surface area contributed by atoms with Gasteiger partial charge in [-0.25, -0.2) is 8.42 Å². The Bertz CT molecular complexity index is 149. The van der Waals surface area contributed by atoms with E-state index in [-0.39, 0.29) is 0 Å². The highest BCUT2D eigenvalue weighted by Crippen LogP contribution is 1.91. The standard InChI is InChI=1S/C7H16NO2S/c1-3-5-6-8-7(4-2)11(9)10/h7-8,11H,2-6H2,1H3. The Balaban J connectivity index is 3.53. The lowest BCUT2D eigenvalue weighted by molar-refractivity contribution is 0.556. The van der Waals surface area contributed by atoms with Gasteiger partial charge in [-0.2, -0.15) is 0 Å². The Hall–Kier alpha value is -0.0900. The topological polar surface area (TPSA) is 46.2 Å². The van der Waals surface area contributed by atoms with Gasteiger partial charge in [-0.15, -0.1) is 0 Å². The first-order chi connectivity index (χ1) is 5.22. The summed E-state index contributed by atoms with van der Waals surface area (Å²) < 4.78 is 20.9. The minimum absolute atomic E-state index is 0.405. The van der Waals surface area contributed by atoms with Crippen molar-refractivity contribution in [2.75, 3.05) is 6.54 Å². The molecule has 0 saturated carbocycles. The number of rotatable bonds is 6. The van der Waals surface area contributed by atoms with E-state index in [4.69, 9.17) is 0 Å². The Kier molecular flexibility index (Phi) is 6.56. The van der Waals surface area contributed by atoms with E-state index < -0.39 is 16.1 Å². The third-order valence-corrected chi connectivity index (χ3v) is 2.39. The fraction of sp³-hybridized carbons (Fsp3) is 0.857. The van der Waals surface area contributed by atoms with Gasteiger partial charge in [0, 0.05) is 0 Å².